The molecule has 206 valence electrons. The molecular weight excluding hydrogens is 498 g/mol. The number of aryl methyl sites for hydroxylation is 2. The van der Waals surface area contributed by atoms with Crippen LogP contribution in [0.25, 0.3) is 0 Å². The second-order valence-corrected chi connectivity index (χ2v) is 10.3. The van der Waals surface area contributed by atoms with Gasteiger partial charge < -0.3 is 11.1 Å². The summed E-state index contributed by atoms with van der Waals surface area (Å²) in [7, 11) is 0. The van der Waals surface area contributed by atoms with Crippen molar-refractivity contribution in [2.24, 2.45) is 5.73 Å². The number of piperazine rings is 1. The molecule has 4 rings (SSSR count). The van der Waals surface area contributed by atoms with Gasteiger partial charge >= 0.3 is 0 Å². The first-order valence-corrected chi connectivity index (χ1v) is 13.3. The predicted octanol–water partition coefficient (Wildman–Crippen LogP) is 4.60. The SMILES string of the molecule is Cc1cccc(C)c1NC(=O)CN1CCN(CCCC(c2ccc(F)cc2)c2ccc(F)cc2)[C@@H](C(N)=O)C1. The van der Waals surface area contributed by atoms with Gasteiger partial charge in [-0.15, -0.1) is 0 Å². The van der Waals surface area contributed by atoms with E-state index in [9.17, 15) is 18.4 Å². The second-order valence-electron chi connectivity index (χ2n) is 10.3. The molecule has 3 aromatic carbocycles. The van der Waals surface area contributed by atoms with Crippen LogP contribution in [-0.4, -0.2) is 60.4 Å². The van der Waals surface area contributed by atoms with Crippen molar-refractivity contribution in [3.05, 3.63) is 101 Å². The van der Waals surface area contributed by atoms with Gasteiger partial charge in [-0.2, -0.15) is 0 Å². The molecule has 1 aliphatic rings. The number of anilines is 1. The summed E-state index contributed by atoms with van der Waals surface area (Å²) in [6, 6.07) is 18.2. The van der Waals surface area contributed by atoms with Gasteiger partial charge in [0.25, 0.3) is 0 Å². The maximum absolute atomic E-state index is 13.5. The molecule has 1 fully saturated rings. The summed E-state index contributed by atoms with van der Waals surface area (Å²) >= 11 is 0. The summed E-state index contributed by atoms with van der Waals surface area (Å²) in [6.45, 7) is 6.39. The molecular formula is C31H36F2N4O2. The zero-order valence-corrected chi connectivity index (χ0v) is 22.5. The number of hydrogen-bond donors (Lipinski definition) is 2. The monoisotopic (exact) mass is 534 g/mol. The third-order valence-corrected chi connectivity index (χ3v) is 7.50. The number of primary amides is 1. The molecule has 0 saturated carbocycles. The lowest BCUT2D eigenvalue weighted by atomic mass is 9.87. The average Bonchev–Trinajstić information content (AvgIpc) is 2.91. The number of nitrogens with two attached hydrogens (primary N) is 1. The molecule has 2 amide bonds. The van der Waals surface area contributed by atoms with Crippen molar-refractivity contribution in [2.75, 3.05) is 38.0 Å². The van der Waals surface area contributed by atoms with Crippen LogP contribution in [0.15, 0.2) is 66.7 Å². The Hall–Kier alpha value is -3.62. The Balaban J connectivity index is 1.36. The van der Waals surface area contributed by atoms with Gasteiger partial charge in [0, 0.05) is 31.2 Å². The summed E-state index contributed by atoms with van der Waals surface area (Å²) in [4.78, 5) is 29.2. The first kappa shape index (κ1) is 28.4. The number of halogens is 2. The Morgan fingerprint density at radius 2 is 1.49 bits per heavy atom. The summed E-state index contributed by atoms with van der Waals surface area (Å²) in [5.74, 6) is -1.18. The van der Waals surface area contributed by atoms with E-state index in [1.807, 2.05) is 36.9 Å². The first-order chi connectivity index (χ1) is 18.7. The van der Waals surface area contributed by atoms with E-state index in [0.29, 0.717) is 26.2 Å². The highest BCUT2D eigenvalue weighted by Crippen LogP contribution is 2.30. The van der Waals surface area contributed by atoms with Gasteiger partial charge in [-0.3, -0.25) is 19.4 Å². The Kier molecular flexibility index (Phi) is 9.43. The normalized spacial score (nSPS) is 16.4. The van der Waals surface area contributed by atoms with Crippen molar-refractivity contribution < 1.29 is 18.4 Å². The Labute approximate surface area is 228 Å². The number of amides is 2. The van der Waals surface area contributed by atoms with Crippen LogP contribution in [0, 0.1) is 25.5 Å². The smallest absolute Gasteiger partial charge is 0.238 e. The maximum Gasteiger partial charge on any atom is 0.238 e. The number of nitrogens with one attached hydrogen (secondary N) is 1. The quantitative estimate of drug-likeness (QED) is 0.399. The highest BCUT2D eigenvalue weighted by Gasteiger charge is 2.31. The minimum absolute atomic E-state index is 0.0342. The molecule has 39 heavy (non-hydrogen) atoms. The fourth-order valence-electron chi connectivity index (χ4n) is 5.37. The molecule has 0 aliphatic carbocycles. The zero-order chi connectivity index (χ0) is 27.9. The van der Waals surface area contributed by atoms with Gasteiger partial charge in [0.05, 0.1) is 6.54 Å². The molecule has 0 bridgehead atoms. The van der Waals surface area contributed by atoms with E-state index >= 15 is 0 Å². The molecule has 0 spiro atoms. The van der Waals surface area contributed by atoms with Crippen molar-refractivity contribution >= 4 is 17.5 Å². The van der Waals surface area contributed by atoms with E-state index < -0.39 is 11.9 Å². The number of para-hydroxylation sites is 1. The van der Waals surface area contributed by atoms with Crippen LogP contribution < -0.4 is 11.1 Å². The first-order valence-electron chi connectivity index (χ1n) is 13.3. The van der Waals surface area contributed by atoms with Crippen molar-refractivity contribution in [1.82, 2.24) is 9.80 Å². The van der Waals surface area contributed by atoms with Crippen LogP contribution in [-0.2, 0) is 9.59 Å². The van der Waals surface area contributed by atoms with E-state index in [1.165, 1.54) is 24.3 Å². The molecule has 3 aromatic rings. The molecule has 8 heteroatoms. The van der Waals surface area contributed by atoms with Crippen LogP contribution in [0.4, 0.5) is 14.5 Å². The van der Waals surface area contributed by atoms with Crippen molar-refractivity contribution in [3.63, 3.8) is 0 Å². The van der Waals surface area contributed by atoms with Gasteiger partial charge in [0.1, 0.15) is 17.7 Å². The van der Waals surface area contributed by atoms with Crippen LogP contribution in [0.3, 0.4) is 0 Å². The van der Waals surface area contributed by atoms with Gasteiger partial charge in [0.2, 0.25) is 11.8 Å². The van der Waals surface area contributed by atoms with Crippen LogP contribution in [0.5, 0.6) is 0 Å². The lowest BCUT2D eigenvalue weighted by Gasteiger charge is -2.39. The number of hydrogen-bond acceptors (Lipinski definition) is 4. The topological polar surface area (TPSA) is 78.7 Å². The lowest BCUT2D eigenvalue weighted by molar-refractivity contribution is -0.127. The minimum Gasteiger partial charge on any atom is -0.368 e. The van der Waals surface area contributed by atoms with Gasteiger partial charge in [-0.05, 0) is 79.8 Å². The number of carbonyl (C=O) groups is 2. The molecule has 0 aromatic heterocycles. The third kappa shape index (κ3) is 7.49. The molecule has 1 saturated heterocycles. The van der Waals surface area contributed by atoms with Crippen molar-refractivity contribution in [2.45, 2.75) is 38.6 Å². The third-order valence-electron chi connectivity index (χ3n) is 7.50. The van der Waals surface area contributed by atoms with Crippen LogP contribution in [0.1, 0.15) is 41.0 Å². The fourth-order valence-corrected chi connectivity index (χ4v) is 5.37. The van der Waals surface area contributed by atoms with Gasteiger partial charge in [-0.25, -0.2) is 8.78 Å². The standard InChI is InChI=1S/C31H36F2N4O2/c1-21-5-3-6-22(2)30(21)35-29(38)20-36-17-18-37(28(19-36)31(34)39)16-4-7-27(23-8-12-25(32)13-9-23)24-10-14-26(33)15-11-24/h3,5-6,8-15,27-28H,4,7,16-20H2,1-2H3,(H2,34,39)(H,35,38)/t28-/m1/s1. The summed E-state index contributed by atoms with van der Waals surface area (Å²) in [5, 5.41) is 3.01. The number of carbonyl (C=O) groups excluding carboxylic acids is 2. The number of rotatable bonds is 10. The molecule has 1 heterocycles. The molecule has 1 atom stereocenters. The van der Waals surface area contributed by atoms with E-state index in [0.717, 1.165) is 40.8 Å². The second kappa shape index (κ2) is 13.0. The maximum atomic E-state index is 13.5. The highest BCUT2D eigenvalue weighted by atomic mass is 19.1. The Bertz CT molecular complexity index is 1220. The van der Waals surface area contributed by atoms with Crippen LogP contribution in [0.2, 0.25) is 0 Å². The van der Waals surface area contributed by atoms with E-state index in [1.54, 1.807) is 24.3 Å². The molecule has 6 nitrogen and oxygen atoms in total. The molecule has 1 aliphatic heterocycles. The van der Waals surface area contributed by atoms with Crippen LogP contribution >= 0.6 is 0 Å². The van der Waals surface area contributed by atoms with E-state index in [4.69, 9.17) is 5.73 Å². The fraction of sp³-hybridized carbons (Fsp3) is 0.355. The lowest BCUT2D eigenvalue weighted by Crippen LogP contribution is -2.59. The Morgan fingerprint density at radius 1 is 0.923 bits per heavy atom. The highest BCUT2D eigenvalue weighted by molar-refractivity contribution is 5.93. The zero-order valence-electron chi connectivity index (χ0n) is 22.5. The summed E-state index contributed by atoms with van der Waals surface area (Å²) < 4.78 is 27.1. The van der Waals surface area contributed by atoms with Crippen molar-refractivity contribution in [3.8, 4) is 0 Å². The predicted molar refractivity (Wildman–Crippen MR) is 149 cm³/mol. The summed E-state index contributed by atoms with van der Waals surface area (Å²) in [6.07, 6.45) is 1.50. The van der Waals surface area contributed by atoms with Gasteiger partial charge in [0.15, 0.2) is 0 Å². The number of nitrogens with zero attached hydrogens (tertiary/aromatic N) is 2. The largest absolute Gasteiger partial charge is 0.368 e. The minimum atomic E-state index is -0.498. The summed E-state index contributed by atoms with van der Waals surface area (Å²) in [5.41, 5.74) is 10.5. The average molecular weight is 535 g/mol. The van der Waals surface area contributed by atoms with Gasteiger partial charge in [-0.1, -0.05) is 42.5 Å². The molecule has 0 unspecified atom stereocenters. The molecule has 3 N–H and O–H groups in total. The number of benzene rings is 3. The molecule has 0 radical (unpaired) electrons. The Morgan fingerprint density at radius 3 is 2.03 bits per heavy atom. The van der Waals surface area contributed by atoms with Crippen molar-refractivity contribution in [1.29, 1.82) is 0 Å². The van der Waals surface area contributed by atoms with E-state index in [-0.39, 0.29) is 30.0 Å². The van der Waals surface area contributed by atoms with E-state index in [2.05, 4.69) is 10.2 Å².